The molecule has 37 heavy (non-hydrogen) atoms. The lowest BCUT2D eigenvalue weighted by Crippen LogP contribution is -2.42. The summed E-state index contributed by atoms with van der Waals surface area (Å²) in [5.41, 5.74) is 1.33. The highest BCUT2D eigenvalue weighted by molar-refractivity contribution is 7.91. The number of aromatic nitrogens is 3. The Kier molecular flexibility index (Phi) is 6.88. The second-order valence-electron chi connectivity index (χ2n) is 9.45. The molecule has 2 fully saturated rings. The molecule has 9 nitrogen and oxygen atoms in total. The molecule has 2 aliphatic heterocycles. The summed E-state index contributed by atoms with van der Waals surface area (Å²) in [7, 11) is -3.09. The third kappa shape index (κ3) is 5.30. The Morgan fingerprint density at radius 1 is 1.14 bits per heavy atom. The Hall–Kier alpha value is -3.12. The number of nitrogens with one attached hydrogen (secondary N) is 1. The first-order valence-corrected chi connectivity index (χ1v) is 14.0. The van der Waals surface area contributed by atoms with Crippen molar-refractivity contribution in [2.75, 3.05) is 48.0 Å². The minimum absolute atomic E-state index is 0.000597. The number of aryl methyl sites for hydroxylation is 1. The van der Waals surface area contributed by atoms with Crippen molar-refractivity contribution in [3.05, 3.63) is 47.0 Å². The number of hydrogen-bond donors (Lipinski definition) is 1. The van der Waals surface area contributed by atoms with E-state index in [4.69, 9.17) is 9.47 Å². The van der Waals surface area contributed by atoms with Gasteiger partial charge in [-0.15, -0.1) is 0 Å². The molecule has 0 radical (unpaired) electrons. The van der Waals surface area contributed by atoms with E-state index in [-0.39, 0.29) is 23.2 Å². The van der Waals surface area contributed by atoms with E-state index in [1.54, 1.807) is 26.0 Å². The van der Waals surface area contributed by atoms with Crippen LogP contribution in [0.2, 0.25) is 0 Å². The molecule has 0 bridgehead atoms. The fraction of sp³-hybridized carbons (Fsp3) is 0.480. The van der Waals surface area contributed by atoms with Gasteiger partial charge in [-0.3, -0.25) is 0 Å². The van der Waals surface area contributed by atoms with E-state index < -0.39 is 27.9 Å². The molecular formula is C25H29F2N5O4S. The van der Waals surface area contributed by atoms with Crippen LogP contribution in [-0.4, -0.2) is 67.3 Å². The van der Waals surface area contributed by atoms with Gasteiger partial charge in [0.05, 0.1) is 36.1 Å². The Balaban J connectivity index is 1.55. The number of nitrogens with zero attached hydrogens (tertiary/aromatic N) is 4. The highest BCUT2D eigenvalue weighted by Gasteiger charge is 2.29. The fourth-order valence-corrected chi connectivity index (χ4v) is 5.65. The molecule has 0 aliphatic carbocycles. The third-order valence-electron chi connectivity index (χ3n) is 6.62. The summed E-state index contributed by atoms with van der Waals surface area (Å²) >= 11 is 0. The van der Waals surface area contributed by atoms with Crippen LogP contribution in [0.5, 0.6) is 5.88 Å². The van der Waals surface area contributed by atoms with Crippen LogP contribution in [0.25, 0.3) is 11.0 Å². The van der Waals surface area contributed by atoms with Crippen molar-refractivity contribution < 1.29 is 26.7 Å². The summed E-state index contributed by atoms with van der Waals surface area (Å²) in [6.45, 7) is 6.30. The van der Waals surface area contributed by atoms with Crippen molar-refractivity contribution >= 4 is 32.4 Å². The Labute approximate surface area is 214 Å². The summed E-state index contributed by atoms with van der Waals surface area (Å²) < 4.78 is 64.3. The second kappa shape index (κ2) is 9.97. The van der Waals surface area contributed by atoms with Crippen LogP contribution >= 0.6 is 0 Å². The average molecular weight is 534 g/mol. The number of fused-ring (bicyclic) bond motifs is 1. The quantitative estimate of drug-likeness (QED) is 0.487. The summed E-state index contributed by atoms with van der Waals surface area (Å²) in [6.07, 6.45) is -1.58. The summed E-state index contributed by atoms with van der Waals surface area (Å²) in [5.74, 6) is 0.714. The first-order valence-electron chi connectivity index (χ1n) is 12.2. The smallest absolute Gasteiger partial charge is 0.240 e. The van der Waals surface area contributed by atoms with Crippen molar-refractivity contribution in [1.29, 1.82) is 0 Å². The van der Waals surface area contributed by atoms with E-state index in [9.17, 15) is 12.8 Å². The van der Waals surface area contributed by atoms with Crippen molar-refractivity contribution in [2.24, 2.45) is 0 Å². The molecule has 2 atom stereocenters. The Morgan fingerprint density at radius 2 is 1.84 bits per heavy atom. The van der Waals surface area contributed by atoms with Gasteiger partial charge < -0.3 is 19.7 Å². The predicted octanol–water partition coefficient (Wildman–Crippen LogP) is 3.69. The lowest BCUT2D eigenvalue weighted by atomic mass is 10.0. The van der Waals surface area contributed by atoms with Gasteiger partial charge in [0, 0.05) is 24.2 Å². The lowest BCUT2D eigenvalue weighted by Gasteiger charge is -2.32. The topological polar surface area (TPSA) is 107 Å². The van der Waals surface area contributed by atoms with Crippen LogP contribution in [0.3, 0.4) is 0 Å². The highest BCUT2D eigenvalue weighted by atomic mass is 32.2. The second-order valence-corrected chi connectivity index (χ2v) is 11.8. The minimum atomic E-state index is -3.09. The van der Waals surface area contributed by atoms with Gasteiger partial charge in [-0.1, -0.05) is 18.2 Å². The largest absolute Gasteiger partial charge is 0.468 e. The number of hydrogen-bond acceptors (Lipinski definition) is 9. The number of sulfone groups is 1. The maximum atomic E-state index is 15.0. The van der Waals surface area contributed by atoms with Gasteiger partial charge in [-0.05, 0) is 26.8 Å². The number of benzene rings is 1. The van der Waals surface area contributed by atoms with Crippen LogP contribution in [0.4, 0.5) is 20.3 Å². The number of ether oxygens (including phenoxy) is 2. The number of alkyl halides is 1. The summed E-state index contributed by atoms with van der Waals surface area (Å²) in [5, 5.41) is 3.82. The summed E-state index contributed by atoms with van der Waals surface area (Å²) in [6, 6.07) is 5.97. The zero-order valence-electron chi connectivity index (χ0n) is 20.9. The van der Waals surface area contributed by atoms with Crippen LogP contribution < -0.4 is 15.0 Å². The van der Waals surface area contributed by atoms with Gasteiger partial charge in [-0.25, -0.2) is 27.2 Å². The molecule has 0 spiro atoms. The standard InChI is InChI=1S/C25H29F2N5O4S/c1-14(26)18-5-4-6-19(22(18)27)15(2)28-23-20-11-21(32-7-9-37(33,34)10-8-32)25(36-17-12-35-13-17)31-24(20)30-16(3)29-23/h4-6,11,14-15,17H,7-10,12-13H2,1-3H3,(H,28,29,30,31)/t14?,15-/m1/s1. The molecule has 12 heteroatoms. The SMILES string of the molecule is Cc1nc(N[C@H](C)c2cccc(C(C)F)c2F)c2cc(N3CCS(=O)(=O)CC3)c(OC3COC3)nc2n1. The maximum Gasteiger partial charge on any atom is 0.240 e. The Bertz CT molecular complexity index is 1420. The van der Waals surface area contributed by atoms with Gasteiger partial charge in [-0.2, -0.15) is 4.98 Å². The highest BCUT2D eigenvalue weighted by Crippen LogP contribution is 2.36. The molecule has 4 heterocycles. The predicted molar refractivity (Wildman–Crippen MR) is 136 cm³/mol. The van der Waals surface area contributed by atoms with Crippen LogP contribution in [0.15, 0.2) is 24.3 Å². The first-order chi connectivity index (χ1) is 17.6. The molecule has 1 aromatic carbocycles. The molecule has 0 saturated carbocycles. The van der Waals surface area contributed by atoms with E-state index in [0.717, 1.165) is 0 Å². The maximum absolute atomic E-state index is 15.0. The van der Waals surface area contributed by atoms with Crippen molar-refractivity contribution in [2.45, 2.75) is 39.1 Å². The molecule has 5 rings (SSSR count). The molecule has 198 valence electrons. The molecule has 2 saturated heterocycles. The van der Waals surface area contributed by atoms with Gasteiger partial charge in [0.25, 0.3) is 0 Å². The van der Waals surface area contributed by atoms with E-state index in [2.05, 4.69) is 20.3 Å². The third-order valence-corrected chi connectivity index (χ3v) is 8.23. The van der Waals surface area contributed by atoms with E-state index in [0.29, 0.717) is 66.1 Å². The van der Waals surface area contributed by atoms with Crippen molar-refractivity contribution in [3.63, 3.8) is 0 Å². The normalized spacial score (nSPS) is 19.3. The average Bonchev–Trinajstić information content (AvgIpc) is 2.81. The van der Waals surface area contributed by atoms with E-state index in [1.807, 2.05) is 11.0 Å². The number of halogens is 2. The zero-order chi connectivity index (χ0) is 26.3. The van der Waals surface area contributed by atoms with Gasteiger partial charge >= 0.3 is 0 Å². The number of rotatable bonds is 7. The number of anilines is 2. The number of pyridine rings is 1. The van der Waals surface area contributed by atoms with Crippen LogP contribution in [0.1, 0.15) is 43.0 Å². The zero-order valence-corrected chi connectivity index (χ0v) is 21.7. The van der Waals surface area contributed by atoms with Gasteiger partial charge in [0.2, 0.25) is 5.88 Å². The molecule has 1 N–H and O–H groups in total. The van der Waals surface area contributed by atoms with Crippen LogP contribution in [-0.2, 0) is 14.6 Å². The molecule has 2 aromatic heterocycles. The lowest BCUT2D eigenvalue weighted by molar-refractivity contribution is -0.0810. The summed E-state index contributed by atoms with van der Waals surface area (Å²) in [4.78, 5) is 15.6. The van der Waals surface area contributed by atoms with Crippen molar-refractivity contribution in [3.8, 4) is 5.88 Å². The van der Waals surface area contributed by atoms with Gasteiger partial charge in [0.1, 0.15) is 35.4 Å². The van der Waals surface area contributed by atoms with Gasteiger partial charge in [0.15, 0.2) is 15.5 Å². The van der Waals surface area contributed by atoms with E-state index >= 15 is 4.39 Å². The monoisotopic (exact) mass is 533 g/mol. The molecular weight excluding hydrogens is 504 g/mol. The molecule has 0 amide bonds. The van der Waals surface area contributed by atoms with E-state index in [1.165, 1.54) is 13.0 Å². The molecule has 2 aliphatic rings. The molecule has 1 unspecified atom stereocenters. The van der Waals surface area contributed by atoms with Crippen molar-refractivity contribution in [1.82, 2.24) is 15.0 Å². The minimum Gasteiger partial charge on any atom is -0.468 e. The van der Waals surface area contributed by atoms with Crippen LogP contribution in [0, 0.1) is 12.7 Å². The molecule has 3 aromatic rings. The fourth-order valence-electron chi connectivity index (χ4n) is 4.45. The Morgan fingerprint density at radius 3 is 2.49 bits per heavy atom. The first kappa shape index (κ1) is 25.5.